The minimum atomic E-state index is -4.39. The summed E-state index contributed by atoms with van der Waals surface area (Å²) in [5, 5.41) is 0. The fraction of sp³-hybridized carbons (Fsp3) is 0.705. The van der Waals surface area contributed by atoms with E-state index in [2.05, 4.69) is 111 Å². The highest BCUT2D eigenvalue weighted by Crippen LogP contribution is 2.43. The van der Waals surface area contributed by atoms with Gasteiger partial charge >= 0.3 is 19.8 Å². The van der Waals surface area contributed by atoms with E-state index in [1.807, 2.05) is 0 Å². The molecule has 0 radical (unpaired) electrons. The minimum absolute atomic E-state index is 0.0491. The molecule has 9 nitrogen and oxygen atoms in total. The summed E-state index contributed by atoms with van der Waals surface area (Å²) in [6, 6.07) is 0. The summed E-state index contributed by atoms with van der Waals surface area (Å²) in [6.07, 6.45) is 74.6. The quantitative estimate of drug-likeness (QED) is 0.0264. The molecule has 0 aliphatic heterocycles. The van der Waals surface area contributed by atoms with Gasteiger partial charge < -0.3 is 20.1 Å². The number of rotatable bonds is 53. The fourth-order valence-corrected chi connectivity index (χ4v) is 8.49. The number of carbonyl (C=O) groups is 2. The van der Waals surface area contributed by atoms with Gasteiger partial charge in [0.2, 0.25) is 0 Å². The molecular weight excluding hydrogens is 906 g/mol. The maximum atomic E-state index is 12.7. The first-order chi connectivity index (χ1) is 34.8. The van der Waals surface area contributed by atoms with Gasteiger partial charge in [-0.05, 0) is 96.3 Å². The predicted molar refractivity (Wildman–Crippen MR) is 302 cm³/mol. The maximum Gasteiger partial charge on any atom is 0.472 e. The number of hydrogen-bond donors (Lipinski definition) is 2. The van der Waals surface area contributed by atoms with E-state index < -0.39 is 32.5 Å². The summed E-state index contributed by atoms with van der Waals surface area (Å²) in [5.74, 6) is -0.839. The average Bonchev–Trinajstić information content (AvgIpc) is 3.36. The fourth-order valence-electron chi connectivity index (χ4n) is 7.73. The molecule has 2 atom stereocenters. The standard InChI is InChI=1S/C61H106NO8P/c1-3-5-7-9-11-13-15-17-19-20-21-22-23-24-25-26-27-28-29-30-31-32-33-34-35-36-37-38-40-42-44-46-48-50-52-54-61(64)70-59(58-69-71(65,66)68-56-55-62)57-67-60(63)53-51-49-47-45-43-41-39-18-16-14-12-10-8-6-4-2/h5,7,11,13,17-19,21-22,24-25,27-28,30-31,39,59H,3-4,6,8-10,12,14-16,20,23,26,29,32-38,40-58,62H2,1-2H3,(H,65,66)/b7-5-,13-11-,19-17-,22-21-,25-24-,28-27-,31-30-,39-18-. The Labute approximate surface area is 436 Å². The van der Waals surface area contributed by atoms with Crippen molar-refractivity contribution in [3.05, 3.63) is 97.2 Å². The van der Waals surface area contributed by atoms with Crippen molar-refractivity contribution in [2.75, 3.05) is 26.4 Å². The van der Waals surface area contributed by atoms with Crippen LogP contribution < -0.4 is 5.73 Å². The lowest BCUT2D eigenvalue weighted by molar-refractivity contribution is -0.161. The number of phosphoric ester groups is 1. The van der Waals surface area contributed by atoms with Crippen LogP contribution in [0.4, 0.5) is 0 Å². The van der Waals surface area contributed by atoms with Crippen LogP contribution in [-0.4, -0.2) is 49.3 Å². The molecule has 0 rings (SSSR count). The largest absolute Gasteiger partial charge is 0.472 e. The van der Waals surface area contributed by atoms with Crippen molar-refractivity contribution in [1.82, 2.24) is 0 Å². The molecule has 0 aliphatic rings. The normalized spacial score (nSPS) is 13.8. The topological polar surface area (TPSA) is 134 Å². The van der Waals surface area contributed by atoms with Crippen molar-refractivity contribution < 1.29 is 37.6 Å². The van der Waals surface area contributed by atoms with Gasteiger partial charge in [0.15, 0.2) is 6.10 Å². The molecule has 0 aliphatic carbocycles. The number of carbonyl (C=O) groups excluding carboxylic acids is 2. The molecule has 0 amide bonds. The van der Waals surface area contributed by atoms with Crippen LogP contribution in [0, 0.1) is 0 Å². The molecule has 0 saturated carbocycles. The van der Waals surface area contributed by atoms with Gasteiger partial charge in [0, 0.05) is 19.4 Å². The van der Waals surface area contributed by atoms with Crippen LogP contribution in [0.5, 0.6) is 0 Å². The molecule has 0 saturated heterocycles. The van der Waals surface area contributed by atoms with Crippen molar-refractivity contribution >= 4 is 19.8 Å². The average molecular weight is 1010 g/mol. The van der Waals surface area contributed by atoms with Crippen LogP contribution in [0.1, 0.15) is 245 Å². The van der Waals surface area contributed by atoms with E-state index >= 15 is 0 Å². The highest BCUT2D eigenvalue weighted by molar-refractivity contribution is 7.47. The van der Waals surface area contributed by atoms with Crippen molar-refractivity contribution in [3.63, 3.8) is 0 Å². The Morgan fingerprint density at radius 2 is 0.775 bits per heavy atom. The first-order valence-electron chi connectivity index (χ1n) is 28.7. The lowest BCUT2D eigenvalue weighted by atomic mass is 10.0. The smallest absolute Gasteiger partial charge is 0.462 e. The lowest BCUT2D eigenvalue weighted by Crippen LogP contribution is -2.29. The van der Waals surface area contributed by atoms with Crippen molar-refractivity contribution in [2.24, 2.45) is 5.73 Å². The number of esters is 2. The summed E-state index contributed by atoms with van der Waals surface area (Å²) in [4.78, 5) is 35.1. The second kappa shape index (κ2) is 56.2. The third-order valence-corrected chi connectivity index (χ3v) is 12.9. The van der Waals surface area contributed by atoms with E-state index in [0.29, 0.717) is 6.42 Å². The number of phosphoric acid groups is 1. The Morgan fingerprint density at radius 3 is 1.17 bits per heavy atom. The van der Waals surface area contributed by atoms with Gasteiger partial charge in [-0.15, -0.1) is 0 Å². The van der Waals surface area contributed by atoms with Gasteiger partial charge in [-0.1, -0.05) is 233 Å². The van der Waals surface area contributed by atoms with Crippen LogP contribution in [-0.2, 0) is 32.7 Å². The Balaban J connectivity index is 3.94. The second-order valence-corrected chi connectivity index (χ2v) is 20.2. The lowest BCUT2D eigenvalue weighted by Gasteiger charge is -2.19. The van der Waals surface area contributed by atoms with Gasteiger partial charge in [0.05, 0.1) is 13.2 Å². The second-order valence-electron chi connectivity index (χ2n) is 18.8. The van der Waals surface area contributed by atoms with Crippen LogP contribution >= 0.6 is 7.82 Å². The first-order valence-corrected chi connectivity index (χ1v) is 30.2. The highest BCUT2D eigenvalue weighted by Gasteiger charge is 2.26. The summed E-state index contributed by atoms with van der Waals surface area (Å²) in [6.45, 7) is 3.62. The molecule has 408 valence electrons. The summed E-state index contributed by atoms with van der Waals surface area (Å²) < 4.78 is 33.0. The predicted octanol–water partition coefficient (Wildman–Crippen LogP) is 18.1. The van der Waals surface area contributed by atoms with Crippen LogP contribution in [0.3, 0.4) is 0 Å². The van der Waals surface area contributed by atoms with E-state index in [1.54, 1.807) is 0 Å². The van der Waals surface area contributed by atoms with E-state index in [-0.39, 0.29) is 32.6 Å². The molecular formula is C61H106NO8P. The van der Waals surface area contributed by atoms with Gasteiger partial charge in [0.25, 0.3) is 0 Å². The highest BCUT2D eigenvalue weighted by atomic mass is 31.2. The molecule has 71 heavy (non-hydrogen) atoms. The molecule has 0 aromatic rings. The molecule has 2 unspecified atom stereocenters. The molecule has 0 aromatic carbocycles. The zero-order valence-electron chi connectivity index (χ0n) is 45.4. The number of nitrogens with two attached hydrogens (primary N) is 1. The van der Waals surface area contributed by atoms with Gasteiger partial charge in [-0.2, -0.15) is 0 Å². The third-order valence-electron chi connectivity index (χ3n) is 12.0. The van der Waals surface area contributed by atoms with Crippen molar-refractivity contribution in [2.45, 2.75) is 251 Å². The van der Waals surface area contributed by atoms with Gasteiger partial charge in [-0.3, -0.25) is 18.6 Å². The van der Waals surface area contributed by atoms with Crippen molar-refractivity contribution in [3.8, 4) is 0 Å². The molecule has 0 heterocycles. The number of unbranched alkanes of at least 4 members (excludes halogenated alkanes) is 24. The SMILES string of the molecule is CC/C=C\C/C=C\C/C=C\C/C=C\C/C=C\C/C=C\C/C=C\CCCCCCCCCCCCCCCC(=O)OC(COC(=O)CCCCCCC/C=C\CCCCCCCC)COP(=O)(O)OCCN. The first kappa shape index (κ1) is 67.9. The molecule has 0 aromatic heterocycles. The summed E-state index contributed by atoms with van der Waals surface area (Å²) >= 11 is 0. The molecule has 0 bridgehead atoms. The Hall–Kier alpha value is -3.07. The third kappa shape index (κ3) is 56.1. The van der Waals surface area contributed by atoms with Crippen molar-refractivity contribution in [1.29, 1.82) is 0 Å². The van der Waals surface area contributed by atoms with E-state index in [9.17, 15) is 19.0 Å². The molecule has 10 heteroatoms. The van der Waals surface area contributed by atoms with Crippen LogP contribution in [0.25, 0.3) is 0 Å². The van der Waals surface area contributed by atoms with Gasteiger partial charge in [0.1, 0.15) is 6.61 Å². The summed E-state index contributed by atoms with van der Waals surface area (Å²) in [7, 11) is -4.39. The van der Waals surface area contributed by atoms with Gasteiger partial charge in [-0.25, -0.2) is 4.57 Å². The zero-order valence-corrected chi connectivity index (χ0v) is 46.3. The molecule has 0 fully saturated rings. The van der Waals surface area contributed by atoms with E-state index in [1.165, 1.54) is 109 Å². The molecule has 0 spiro atoms. The zero-order chi connectivity index (χ0) is 51.7. The van der Waals surface area contributed by atoms with E-state index in [4.69, 9.17) is 24.3 Å². The van der Waals surface area contributed by atoms with Crippen LogP contribution in [0.2, 0.25) is 0 Å². The number of hydrogen-bond acceptors (Lipinski definition) is 8. The monoisotopic (exact) mass is 1010 g/mol. The molecule has 3 N–H and O–H groups in total. The minimum Gasteiger partial charge on any atom is -0.462 e. The number of allylic oxidation sites excluding steroid dienone is 16. The number of ether oxygens (including phenoxy) is 2. The maximum absolute atomic E-state index is 12.7. The van der Waals surface area contributed by atoms with Crippen LogP contribution in [0.15, 0.2) is 97.2 Å². The van der Waals surface area contributed by atoms with E-state index in [0.717, 1.165) is 103 Å². The Morgan fingerprint density at radius 1 is 0.437 bits per heavy atom. The Bertz CT molecular complexity index is 1480. The summed E-state index contributed by atoms with van der Waals surface area (Å²) in [5.41, 5.74) is 5.37. The Kier molecular flexibility index (Phi) is 53.8.